The van der Waals surface area contributed by atoms with Crippen molar-refractivity contribution in [2.45, 2.75) is 45.7 Å². The first-order valence-corrected chi connectivity index (χ1v) is 6.26. The second kappa shape index (κ2) is 6.79. The third kappa shape index (κ3) is 3.56. The van der Waals surface area contributed by atoms with Crippen molar-refractivity contribution in [3.63, 3.8) is 0 Å². The monoisotopic (exact) mass is 240 g/mol. The number of nitrogens with zero attached hydrogens (tertiary/aromatic N) is 1. The lowest BCUT2D eigenvalue weighted by atomic mass is 10.0. The van der Waals surface area contributed by atoms with Crippen LogP contribution in [0.3, 0.4) is 0 Å². The standard InChI is InChI=1S/C13H24N2O2/c1-5-9-15(16-4)13(11(14)6-2)12-8-7-10(3)17-12/h7-8,11,13H,5-6,9,14H2,1-4H3. The molecule has 4 nitrogen and oxygen atoms in total. The van der Waals surface area contributed by atoms with Crippen molar-refractivity contribution in [2.75, 3.05) is 13.7 Å². The van der Waals surface area contributed by atoms with Gasteiger partial charge >= 0.3 is 0 Å². The van der Waals surface area contributed by atoms with Gasteiger partial charge in [0.1, 0.15) is 17.6 Å². The van der Waals surface area contributed by atoms with E-state index in [2.05, 4.69) is 13.8 Å². The highest BCUT2D eigenvalue weighted by Gasteiger charge is 2.28. The van der Waals surface area contributed by atoms with E-state index in [4.69, 9.17) is 15.0 Å². The van der Waals surface area contributed by atoms with Gasteiger partial charge in [0.2, 0.25) is 0 Å². The Morgan fingerprint density at radius 2 is 2.12 bits per heavy atom. The summed E-state index contributed by atoms with van der Waals surface area (Å²) in [5.74, 6) is 1.79. The fraction of sp³-hybridized carbons (Fsp3) is 0.692. The van der Waals surface area contributed by atoms with Gasteiger partial charge in [0.05, 0.1) is 7.11 Å². The minimum absolute atomic E-state index is 0.00653. The molecule has 1 rings (SSSR count). The van der Waals surface area contributed by atoms with Crippen LogP contribution in [0.4, 0.5) is 0 Å². The number of nitrogens with two attached hydrogens (primary N) is 1. The van der Waals surface area contributed by atoms with E-state index in [1.165, 1.54) is 0 Å². The maximum absolute atomic E-state index is 6.18. The third-order valence-electron chi connectivity index (χ3n) is 2.92. The highest BCUT2D eigenvalue weighted by atomic mass is 16.7. The quantitative estimate of drug-likeness (QED) is 0.744. The molecule has 0 aliphatic carbocycles. The molecule has 2 N–H and O–H groups in total. The summed E-state index contributed by atoms with van der Waals surface area (Å²) in [7, 11) is 1.68. The van der Waals surface area contributed by atoms with Crippen molar-refractivity contribution in [3.8, 4) is 0 Å². The minimum Gasteiger partial charge on any atom is -0.465 e. The van der Waals surface area contributed by atoms with E-state index in [0.717, 1.165) is 30.9 Å². The van der Waals surface area contributed by atoms with Gasteiger partial charge in [-0.3, -0.25) is 0 Å². The lowest BCUT2D eigenvalue weighted by Gasteiger charge is -2.31. The molecule has 1 heterocycles. The van der Waals surface area contributed by atoms with Gasteiger partial charge in [-0.2, -0.15) is 5.06 Å². The average molecular weight is 240 g/mol. The molecule has 98 valence electrons. The van der Waals surface area contributed by atoms with Crippen molar-refractivity contribution in [1.29, 1.82) is 0 Å². The molecule has 1 aromatic rings. The van der Waals surface area contributed by atoms with Gasteiger partial charge in [0, 0.05) is 12.6 Å². The van der Waals surface area contributed by atoms with Crippen LogP contribution in [-0.2, 0) is 4.84 Å². The smallest absolute Gasteiger partial charge is 0.125 e. The molecule has 0 amide bonds. The van der Waals surface area contributed by atoms with Gasteiger partial charge in [-0.1, -0.05) is 13.8 Å². The van der Waals surface area contributed by atoms with Crippen LogP contribution in [0.15, 0.2) is 16.5 Å². The van der Waals surface area contributed by atoms with Crippen molar-refractivity contribution >= 4 is 0 Å². The second-order valence-electron chi connectivity index (χ2n) is 4.29. The Labute approximate surface area is 104 Å². The fourth-order valence-electron chi connectivity index (χ4n) is 1.97. The fourth-order valence-corrected chi connectivity index (χ4v) is 1.97. The van der Waals surface area contributed by atoms with Crippen molar-refractivity contribution in [2.24, 2.45) is 5.73 Å². The Balaban J connectivity index is 2.93. The molecule has 17 heavy (non-hydrogen) atoms. The molecule has 0 spiro atoms. The number of rotatable bonds is 7. The topological polar surface area (TPSA) is 51.6 Å². The summed E-state index contributed by atoms with van der Waals surface area (Å²) in [5.41, 5.74) is 6.18. The predicted octanol–water partition coefficient (Wildman–Crippen LogP) is 2.64. The highest BCUT2D eigenvalue weighted by Crippen LogP contribution is 2.27. The molecule has 0 saturated carbocycles. The maximum Gasteiger partial charge on any atom is 0.125 e. The first-order valence-electron chi connectivity index (χ1n) is 6.26. The third-order valence-corrected chi connectivity index (χ3v) is 2.92. The van der Waals surface area contributed by atoms with E-state index >= 15 is 0 Å². The Morgan fingerprint density at radius 3 is 2.53 bits per heavy atom. The normalized spacial score (nSPS) is 15.2. The molecule has 0 fully saturated rings. The van der Waals surface area contributed by atoms with E-state index in [0.29, 0.717) is 0 Å². The first-order chi connectivity index (χ1) is 8.13. The Morgan fingerprint density at radius 1 is 1.41 bits per heavy atom. The molecule has 0 saturated heterocycles. The molecule has 0 aromatic carbocycles. The number of hydrogen-bond acceptors (Lipinski definition) is 4. The van der Waals surface area contributed by atoms with Crippen LogP contribution in [0.5, 0.6) is 0 Å². The lowest BCUT2D eigenvalue weighted by molar-refractivity contribution is -0.173. The maximum atomic E-state index is 6.18. The summed E-state index contributed by atoms with van der Waals surface area (Å²) in [5, 5.41) is 1.91. The van der Waals surface area contributed by atoms with Crippen LogP contribution in [0.2, 0.25) is 0 Å². The molecule has 2 unspecified atom stereocenters. The summed E-state index contributed by atoms with van der Waals surface area (Å²) in [6.07, 6.45) is 1.90. The van der Waals surface area contributed by atoms with Gasteiger partial charge < -0.3 is 15.0 Å². The zero-order valence-corrected chi connectivity index (χ0v) is 11.3. The zero-order chi connectivity index (χ0) is 12.8. The minimum atomic E-state index is -0.0151. The Hall–Kier alpha value is -0.840. The molecule has 1 aromatic heterocycles. The number of aryl methyl sites for hydroxylation is 1. The van der Waals surface area contributed by atoms with Crippen LogP contribution in [0, 0.1) is 6.92 Å². The SMILES string of the molecule is CCCN(OC)C(c1ccc(C)o1)C(N)CC. The van der Waals surface area contributed by atoms with Gasteiger partial charge in [0.25, 0.3) is 0 Å². The molecule has 0 radical (unpaired) electrons. The van der Waals surface area contributed by atoms with E-state index in [1.54, 1.807) is 7.11 Å². The molecular weight excluding hydrogens is 216 g/mol. The van der Waals surface area contributed by atoms with Crippen LogP contribution in [-0.4, -0.2) is 24.8 Å². The van der Waals surface area contributed by atoms with E-state index in [-0.39, 0.29) is 12.1 Å². The lowest BCUT2D eigenvalue weighted by Crippen LogP contribution is -2.40. The van der Waals surface area contributed by atoms with Gasteiger partial charge in [-0.15, -0.1) is 0 Å². The summed E-state index contributed by atoms with van der Waals surface area (Å²) in [4.78, 5) is 5.43. The van der Waals surface area contributed by atoms with Crippen LogP contribution in [0.25, 0.3) is 0 Å². The van der Waals surface area contributed by atoms with Crippen LogP contribution in [0.1, 0.15) is 44.3 Å². The number of hydrogen-bond donors (Lipinski definition) is 1. The van der Waals surface area contributed by atoms with Crippen molar-refractivity contribution < 1.29 is 9.25 Å². The van der Waals surface area contributed by atoms with E-state index in [1.807, 2.05) is 24.1 Å². The number of hydroxylamine groups is 2. The summed E-state index contributed by atoms with van der Waals surface area (Å²) < 4.78 is 5.70. The predicted molar refractivity (Wildman–Crippen MR) is 68.5 cm³/mol. The average Bonchev–Trinajstić information content (AvgIpc) is 2.74. The van der Waals surface area contributed by atoms with E-state index in [9.17, 15) is 0 Å². The van der Waals surface area contributed by atoms with Crippen molar-refractivity contribution in [3.05, 3.63) is 23.7 Å². The Kier molecular flexibility index (Phi) is 5.68. The zero-order valence-electron chi connectivity index (χ0n) is 11.3. The Bertz CT molecular complexity index is 325. The van der Waals surface area contributed by atoms with Gasteiger partial charge in [-0.05, 0) is 31.9 Å². The van der Waals surface area contributed by atoms with Crippen molar-refractivity contribution in [1.82, 2.24) is 5.06 Å². The second-order valence-corrected chi connectivity index (χ2v) is 4.29. The summed E-state index contributed by atoms with van der Waals surface area (Å²) in [6, 6.07) is 3.94. The molecule has 0 bridgehead atoms. The molecule has 0 aliphatic rings. The van der Waals surface area contributed by atoms with Gasteiger partial charge in [-0.25, -0.2) is 0 Å². The highest BCUT2D eigenvalue weighted by molar-refractivity contribution is 5.11. The molecule has 0 aliphatic heterocycles. The van der Waals surface area contributed by atoms with Gasteiger partial charge in [0.15, 0.2) is 0 Å². The van der Waals surface area contributed by atoms with Crippen LogP contribution >= 0.6 is 0 Å². The van der Waals surface area contributed by atoms with Crippen LogP contribution < -0.4 is 5.73 Å². The molecule has 2 atom stereocenters. The van der Waals surface area contributed by atoms with E-state index < -0.39 is 0 Å². The summed E-state index contributed by atoms with van der Waals surface area (Å²) >= 11 is 0. The number of furan rings is 1. The molecule has 4 heteroatoms. The first kappa shape index (κ1) is 14.2. The summed E-state index contributed by atoms with van der Waals surface area (Å²) in [6.45, 7) is 6.98. The molecular formula is C13H24N2O2. The largest absolute Gasteiger partial charge is 0.465 e.